The summed E-state index contributed by atoms with van der Waals surface area (Å²) in [5.41, 5.74) is 3.57. The van der Waals surface area contributed by atoms with E-state index in [0.29, 0.717) is 5.92 Å². The summed E-state index contributed by atoms with van der Waals surface area (Å²) in [6, 6.07) is 17.0. The molecule has 4 heteroatoms. The molecule has 0 bridgehead atoms. The Bertz CT molecular complexity index is 840. The molecule has 3 aliphatic rings. The molecule has 2 aromatic rings. The Kier molecular flexibility index (Phi) is 4.27. The third-order valence-electron chi connectivity index (χ3n) is 6.21. The number of nitrogens with zero attached hydrogens (tertiary/aromatic N) is 2. The molecule has 2 aromatic carbocycles. The Labute approximate surface area is 160 Å². The first-order chi connectivity index (χ1) is 13.3. The zero-order chi connectivity index (χ0) is 18.2. The Hall–Kier alpha value is -2.49. The van der Waals surface area contributed by atoms with Crippen LogP contribution in [0.5, 0.6) is 11.5 Å². The standard InChI is InChI=1S/C23H26N2O2/c1-26-18-13-11-16(12-14-18)20-15-21-19-9-5-6-10-22(19)27-23(25(21)24-20)17-7-3-2-4-8-17/h5-6,9-14,17,21,23H,2-4,7-8,15H2,1H3/t21-,23-/m1/s1. The summed E-state index contributed by atoms with van der Waals surface area (Å²) in [5.74, 6) is 2.48. The highest BCUT2D eigenvalue weighted by Gasteiger charge is 2.43. The van der Waals surface area contributed by atoms with Crippen LogP contribution < -0.4 is 9.47 Å². The van der Waals surface area contributed by atoms with E-state index in [1.54, 1.807) is 7.11 Å². The number of fused-ring (bicyclic) bond motifs is 3. The second kappa shape index (κ2) is 6.91. The lowest BCUT2D eigenvalue weighted by Crippen LogP contribution is -2.45. The van der Waals surface area contributed by atoms with Crippen molar-refractivity contribution in [3.63, 3.8) is 0 Å². The lowest BCUT2D eigenvalue weighted by molar-refractivity contribution is -0.0643. The number of ether oxygens (including phenoxy) is 2. The van der Waals surface area contributed by atoms with E-state index < -0.39 is 0 Å². The van der Waals surface area contributed by atoms with E-state index >= 15 is 0 Å². The van der Waals surface area contributed by atoms with E-state index in [2.05, 4.69) is 41.4 Å². The minimum atomic E-state index is 0.0564. The van der Waals surface area contributed by atoms with Gasteiger partial charge in [0.25, 0.3) is 0 Å². The molecule has 1 saturated carbocycles. The number of hydrazone groups is 1. The number of benzene rings is 2. The van der Waals surface area contributed by atoms with Crippen molar-refractivity contribution in [2.45, 2.75) is 50.8 Å². The van der Waals surface area contributed by atoms with Gasteiger partial charge in [0.2, 0.25) is 0 Å². The van der Waals surface area contributed by atoms with E-state index in [9.17, 15) is 0 Å². The van der Waals surface area contributed by atoms with Crippen LogP contribution in [0, 0.1) is 5.92 Å². The fraction of sp³-hybridized carbons (Fsp3) is 0.435. The minimum Gasteiger partial charge on any atom is -0.497 e. The van der Waals surface area contributed by atoms with Crippen LogP contribution in [0.25, 0.3) is 0 Å². The molecule has 0 N–H and O–H groups in total. The van der Waals surface area contributed by atoms with E-state index in [4.69, 9.17) is 14.6 Å². The molecule has 0 spiro atoms. The fourth-order valence-electron chi connectivity index (χ4n) is 4.75. The lowest BCUT2D eigenvalue weighted by Gasteiger charge is -2.42. The summed E-state index contributed by atoms with van der Waals surface area (Å²) < 4.78 is 11.8. The molecule has 140 valence electrons. The van der Waals surface area contributed by atoms with Gasteiger partial charge in [-0.3, -0.25) is 0 Å². The highest BCUT2D eigenvalue weighted by molar-refractivity contribution is 6.02. The van der Waals surface area contributed by atoms with Crippen LogP contribution in [0.4, 0.5) is 0 Å². The maximum atomic E-state index is 6.50. The molecule has 2 aliphatic heterocycles. The van der Waals surface area contributed by atoms with Gasteiger partial charge < -0.3 is 9.47 Å². The quantitative estimate of drug-likeness (QED) is 0.758. The van der Waals surface area contributed by atoms with Crippen molar-refractivity contribution in [3.05, 3.63) is 59.7 Å². The second-order valence-corrected chi connectivity index (χ2v) is 7.82. The maximum Gasteiger partial charge on any atom is 0.190 e. The van der Waals surface area contributed by atoms with Gasteiger partial charge >= 0.3 is 0 Å². The van der Waals surface area contributed by atoms with Gasteiger partial charge in [-0.05, 0) is 48.7 Å². The van der Waals surface area contributed by atoms with Crippen LogP contribution in [0.1, 0.15) is 55.7 Å². The maximum absolute atomic E-state index is 6.50. The first kappa shape index (κ1) is 16.7. The Morgan fingerprint density at radius 3 is 2.56 bits per heavy atom. The van der Waals surface area contributed by atoms with Crippen molar-refractivity contribution in [1.82, 2.24) is 5.01 Å². The van der Waals surface area contributed by atoms with E-state index in [1.165, 1.54) is 43.2 Å². The third kappa shape index (κ3) is 2.97. The average molecular weight is 362 g/mol. The molecule has 0 amide bonds. The first-order valence-electron chi connectivity index (χ1n) is 10.1. The van der Waals surface area contributed by atoms with Gasteiger partial charge in [0, 0.05) is 17.9 Å². The highest BCUT2D eigenvalue weighted by Crippen LogP contribution is 2.46. The van der Waals surface area contributed by atoms with Crippen LogP contribution in [0.3, 0.4) is 0 Å². The molecule has 2 atom stereocenters. The van der Waals surface area contributed by atoms with Crippen LogP contribution in [-0.2, 0) is 0 Å². The molecule has 0 saturated heterocycles. The molecular weight excluding hydrogens is 336 g/mol. The van der Waals surface area contributed by atoms with Crippen molar-refractivity contribution >= 4 is 5.71 Å². The number of hydrogen-bond donors (Lipinski definition) is 0. The Balaban J connectivity index is 1.50. The third-order valence-corrected chi connectivity index (χ3v) is 6.21. The molecule has 1 aliphatic carbocycles. The predicted molar refractivity (Wildman–Crippen MR) is 106 cm³/mol. The van der Waals surface area contributed by atoms with Gasteiger partial charge in [0.1, 0.15) is 11.5 Å². The van der Waals surface area contributed by atoms with Gasteiger partial charge in [0.05, 0.1) is 18.9 Å². The van der Waals surface area contributed by atoms with E-state index in [-0.39, 0.29) is 12.3 Å². The zero-order valence-electron chi connectivity index (χ0n) is 15.8. The second-order valence-electron chi connectivity index (χ2n) is 7.82. The fourth-order valence-corrected chi connectivity index (χ4v) is 4.75. The van der Waals surface area contributed by atoms with Gasteiger partial charge in [0.15, 0.2) is 6.23 Å². The van der Waals surface area contributed by atoms with Gasteiger partial charge in [-0.1, -0.05) is 37.5 Å². The van der Waals surface area contributed by atoms with Crippen molar-refractivity contribution in [2.24, 2.45) is 11.0 Å². The normalized spacial score (nSPS) is 24.6. The minimum absolute atomic E-state index is 0.0564. The Morgan fingerprint density at radius 2 is 1.78 bits per heavy atom. The summed E-state index contributed by atoms with van der Waals surface area (Å²) in [5, 5.41) is 7.34. The smallest absolute Gasteiger partial charge is 0.190 e. The van der Waals surface area contributed by atoms with Crippen molar-refractivity contribution < 1.29 is 9.47 Å². The average Bonchev–Trinajstić information content (AvgIpc) is 3.19. The monoisotopic (exact) mass is 362 g/mol. The highest BCUT2D eigenvalue weighted by atomic mass is 16.5. The van der Waals surface area contributed by atoms with Gasteiger partial charge in [-0.15, -0.1) is 0 Å². The summed E-state index contributed by atoms with van der Waals surface area (Å²) in [4.78, 5) is 0. The topological polar surface area (TPSA) is 34.1 Å². The van der Waals surface area contributed by atoms with Crippen LogP contribution in [0.2, 0.25) is 0 Å². The first-order valence-corrected chi connectivity index (χ1v) is 10.1. The van der Waals surface area contributed by atoms with Crippen molar-refractivity contribution in [3.8, 4) is 11.5 Å². The number of para-hydroxylation sites is 1. The van der Waals surface area contributed by atoms with Crippen LogP contribution in [-0.4, -0.2) is 24.1 Å². The number of hydrogen-bond acceptors (Lipinski definition) is 4. The molecule has 0 radical (unpaired) electrons. The summed E-state index contributed by atoms with van der Waals surface area (Å²) in [6.07, 6.45) is 7.42. The molecule has 0 aromatic heterocycles. The zero-order valence-corrected chi connectivity index (χ0v) is 15.8. The molecule has 5 rings (SSSR count). The molecule has 0 unspecified atom stereocenters. The Morgan fingerprint density at radius 1 is 1.00 bits per heavy atom. The van der Waals surface area contributed by atoms with Crippen molar-refractivity contribution in [2.75, 3.05) is 7.11 Å². The predicted octanol–water partition coefficient (Wildman–Crippen LogP) is 5.15. The molecule has 1 fully saturated rings. The van der Waals surface area contributed by atoms with Gasteiger partial charge in [-0.2, -0.15) is 5.10 Å². The summed E-state index contributed by atoms with van der Waals surface area (Å²) in [7, 11) is 1.70. The molecular formula is C23H26N2O2. The van der Waals surface area contributed by atoms with E-state index in [0.717, 1.165) is 23.6 Å². The molecule has 4 nitrogen and oxygen atoms in total. The number of rotatable bonds is 3. The SMILES string of the molecule is COc1ccc(C2=NN3[C@H](C2)c2ccccc2O[C@@H]3C2CCCCC2)cc1. The van der Waals surface area contributed by atoms with Crippen molar-refractivity contribution in [1.29, 1.82) is 0 Å². The summed E-state index contributed by atoms with van der Waals surface area (Å²) in [6.45, 7) is 0. The largest absolute Gasteiger partial charge is 0.497 e. The van der Waals surface area contributed by atoms with Crippen LogP contribution >= 0.6 is 0 Å². The molecule has 27 heavy (non-hydrogen) atoms. The number of methoxy groups -OCH3 is 1. The van der Waals surface area contributed by atoms with E-state index in [1.807, 2.05) is 12.1 Å². The van der Waals surface area contributed by atoms with Gasteiger partial charge in [-0.25, -0.2) is 5.01 Å². The lowest BCUT2D eigenvalue weighted by atomic mass is 9.86. The van der Waals surface area contributed by atoms with Crippen LogP contribution in [0.15, 0.2) is 53.6 Å². The summed E-state index contributed by atoms with van der Waals surface area (Å²) >= 11 is 0. The molecule has 2 heterocycles.